The van der Waals surface area contributed by atoms with Gasteiger partial charge in [-0.05, 0) is 50.1 Å². The van der Waals surface area contributed by atoms with Gasteiger partial charge >= 0.3 is 0 Å². The summed E-state index contributed by atoms with van der Waals surface area (Å²) in [5.74, 6) is 0.236. The molecule has 0 radical (unpaired) electrons. The van der Waals surface area contributed by atoms with E-state index in [4.69, 9.17) is 0 Å². The molecule has 1 N–H and O–H groups in total. The van der Waals surface area contributed by atoms with E-state index in [2.05, 4.69) is 10.2 Å². The van der Waals surface area contributed by atoms with Gasteiger partial charge in [0.05, 0.1) is 16.3 Å². The Morgan fingerprint density at radius 3 is 2.10 bits per heavy atom. The number of hydrogen-bond acceptors (Lipinski definition) is 5. The number of hydrogen-bond donors (Lipinski definition) is 1. The molecule has 0 aromatic heterocycles. The molecule has 0 unspecified atom stereocenters. The van der Waals surface area contributed by atoms with Gasteiger partial charge in [0.25, 0.3) is 5.69 Å². The molecule has 6 nitrogen and oxygen atoms in total. The van der Waals surface area contributed by atoms with Crippen molar-refractivity contribution in [2.24, 2.45) is 10.2 Å². The van der Waals surface area contributed by atoms with Gasteiger partial charge in [-0.15, -0.1) is 0 Å². The number of aromatic hydroxyl groups is 1. The minimum absolute atomic E-state index is 0.0181. The highest BCUT2D eigenvalue weighted by Crippen LogP contribution is 2.29. The third-order valence-electron chi connectivity index (χ3n) is 3.15. The zero-order valence-electron chi connectivity index (χ0n) is 12.0. The second-order valence-electron chi connectivity index (χ2n) is 4.86. The molecule has 0 saturated carbocycles. The van der Waals surface area contributed by atoms with E-state index in [1.807, 2.05) is 0 Å². The SMILES string of the molecule is Cc1ccc(N=Nc2cc(C)c(O)c(C)c2)cc1[N+](=O)[O-]. The second-order valence-corrected chi connectivity index (χ2v) is 4.86. The number of rotatable bonds is 3. The Kier molecular flexibility index (Phi) is 3.98. The van der Waals surface area contributed by atoms with Crippen LogP contribution in [0.1, 0.15) is 16.7 Å². The first-order chi connectivity index (χ1) is 9.88. The van der Waals surface area contributed by atoms with Crippen LogP contribution in [0.25, 0.3) is 0 Å². The summed E-state index contributed by atoms with van der Waals surface area (Å²) in [5, 5.41) is 28.6. The second kappa shape index (κ2) is 5.70. The maximum atomic E-state index is 10.9. The number of nitro groups is 1. The van der Waals surface area contributed by atoms with Gasteiger partial charge in [-0.2, -0.15) is 10.2 Å². The first kappa shape index (κ1) is 14.6. The smallest absolute Gasteiger partial charge is 0.274 e. The highest BCUT2D eigenvalue weighted by molar-refractivity contribution is 5.53. The predicted molar refractivity (Wildman–Crippen MR) is 79.6 cm³/mol. The number of aryl methyl sites for hydroxylation is 3. The lowest BCUT2D eigenvalue weighted by Crippen LogP contribution is -1.90. The summed E-state index contributed by atoms with van der Waals surface area (Å²) in [6.07, 6.45) is 0. The highest BCUT2D eigenvalue weighted by Gasteiger charge is 2.10. The zero-order chi connectivity index (χ0) is 15.6. The first-order valence-electron chi connectivity index (χ1n) is 6.35. The molecule has 0 bridgehead atoms. The monoisotopic (exact) mass is 285 g/mol. The van der Waals surface area contributed by atoms with E-state index in [1.165, 1.54) is 6.07 Å². The highest BCUT2D eigenvalue weighted by atomic mass is 16.6. The van der Waals surface area contributed by atoms with Crippen molar-refractivity contribution in [1.82, 2.24) is 0 Å². The summed E-state index contributed by atoms with van der Waals surface area (Å²) in [6.45, 7) is 5.22. The van der Waals surface area contributed by atoms with Crippen LogP contribution in [0, 0.1) is 30.9 Å². The molecule has 0 amide bonds. The molecule has 0 fully saturated rings. The van der Waals surface area contributed by atoms with Crippen molar-refractivity contribution < 1.29 is 10.0 Å². The molecule has 0 heterocycles. The summed E-state index contributed by atoms with van der Waals surface area (Å²) >= 11 is 0. The predicted octanol–water partition coefficient (Wildman–Crippen LogP) is 4.64. The van der Waals surface area contributed by atoms with E-state index in [0.717, 1.165) is 0 Å². The summed E-state index contributed by atoms with van der Waals surface area (Å²) in [5.41, 5.74) is 3.01. The summed E-state index contributed by atoms with van der Waals surface area (Å²) in [7, 11) is 0. The van der Waals surface area contributed by atoms with E-state index in [9.17, 15) is 15.2 Å². The molecular weight excluding hydrogens is 270 g/mol. The molecule has 108 valence electrons. The minimum Gasteiger partial charge on any atom is -0.507 e. The fourth-order valence-corrected chi connectivity index (χ4v) is 1.96. The molecule has 21 heavy (non-hydrogen) atoms. The Labute approximate surface area is 121 Å². The molecule has 0 aliphatic heterocycles. The lowest BCUT2D eigenvalue weighted by molar-refractivity contribution is -0.385. The maximum Gasteiger partial charge on any atom is 0.274 e. The molecule has 0 atom stereocenters. The lowest BCUT2D eigenvalue weighted by Gasteiger charge is -2.03. The van der Waals surface area contributed by atoms with Crippen LogP contribution in [-0.2, 0) is 0 Å². The third kappa shape index (κ3) is 3.22. The van der Waals surface area contributed by atoms with Crippen LogP contribution in [0.5, 0.6) is 5.75 Å². The third-order valence-corrected chi connectivity index (χ3v) is 3.15. The molecule has 2 rings (SSSR count). The van der Waals surface area contributed by atoms with Gasteiger partial charge in [0.15, 0.2) is 0 Å². The standard InChI is InChI=1S/C15H15N3O3/c1-9-4-5-12(8-14(9)18(20)21)16-17-13-6-10(2)15(19)11(3)7-13/h4-8,19H,1-3H3. The van der Waals surface area contributed by atoms with Crippen molar-refractivity contribution >= 4 is 17.1 Å². The molecule has 0 spiro atoms. The average molecular weight is 285 g/mol. The normalized spacial score (nSPS) is 11.0. The van der Waals surface area contributed by atoms with E-state index >= 15 is 0 Å². The van der Waals surface area contributed by atoms with E-state index < -0.39 is 4.92 Å². The van der Waals surface area contributed by atoms with Gasteiger partial charge in [0, 0.05) is 11.6 Å². The van der Waals surface area contributed by atoms with Crippen LogP contribution >= 0.6 is 0 Å². The maximum absolute atomic E-state index is 10.9. The average Bonchev–Trinajstić information content (AvgIpc) is 2.43. The Morgan fingerprint density at radius 2 is 1.52 bits per heavy atom. The van der Waals surface area contributed by atoms with E-state index in [-0.39, 0.29) is 11.4 Å². The first-order valence-corrected chi connectivity index (χ1v) is 6.35. The van der Waals surface area contributed by atoms with Crippen LogP contribution in [0.4, 0.5) is 17.1 Å². The molecule has 0 aliphatic rings. The van der Waals surface area contributed by atoms with Crippen LogP contribution in [0.2, 0.25) is 0 Å². The lowest BCUT2D eigenvalue weighted by atomic mass is 10.1. The zero-order valence-corrected chi connectivity index (χ0v) is 12.0. The summed E-state index contributed by atoms with van der Waals surface area (Å²) in [4.78, 5) is 10.4. The van der Waals surface area contributed by atoms with Crippen LogP contribution < -0.4 is 0 Å². The van der Waals surface area contributed by atoms with Gasteiger partial charge < -0.3 is 5.11 Å². The number of phenolic OH excluding ortho intramolecular Hbond substituents is 1. The quantitative estimate of drug-likeness (QED) is 0.506. The summed E-state index contributed by atoms with van der Waals surface area (Å²) in [6, 6.07) is 8.10. The van der Waals surface area contributed by atoms with Crippen molar-refractivity contribution in [3.63, 3.8) is 0 Å². The number of nitro benzene ring substituents is 1. The van der Waals surface area contributed by atoms with Crippen LogP contribution in [-0.4, -0.2) is 10.0 Å². The number of nitrogens with zero attached hydrogens (tertiary/aromatic N) is 3. The van der Waals surface area contributed by atoms with Gasteiger partial charge in [-0.1, -0.05) is 6.07 Å². The Balaban J connectivity index is 2.34. The van der Waals surface area contributed by atoms with Gasteiger partial charge in [-0.3, -0.25) is 10.1 Å². The number of phenols is 1. The molecule has 0 aliphatic carbocycles. The Bertz CT molecular complexity index is 716. The van der Waals surface area contributed by atoms with Crippen LogP contribution in [0.15, 0.2) is 40.6 Å². The van der Waals surface area contributed by atoms with E-state index in [1.54, 1.807) is 45.0 Å². The van der Waals surface area contributed by atoms with Gasteiger partial charge in [0.1, 0.15) is 5.75 Å². The Morgan fingerprint density at radius 1 is 0.952 bits per heavy atom. The molecule has 6 heteroatoms. The molecular formula is C15H15N3O3. The fourth-order valence-electron chi connectivity index (χ4n) is 1.96. The topological polar surface area (TPSA) is 88.1 Å². The molecule has 2 aromatic carbocycles. The fraction of sp³-hybridized carbons (Fsp3) is 0.200. The van der Waals surface area contributed by atoms with Crippen molar-refractivity contribution in [3.8, 4) is 5.75 Å². The van der Waals surface area contributed by atoms with Crippen molar-refractivity contribution in [2.45, 2.75) is 20.8 Å². The van der Waals surface area contributed by atoms with E-state index in [0.29, 0.717) is 28.1 Å². The minimum atomic E-state index is -0.441. The van der Waals surface area contributed by atoms with Crippen molar-refractivity contribution in [3.05, 3.63) is 57.1 Å². The van der Waals surface area contributed by atoms with Gasteiger partial charge in [0.2, 0.25) is 0 Å². The Hall–Kier alpha value is -2.76. The largest absolute Gasteiger partial charge is 0.507 e. The van der Waals surface area contributed by atoms with Crippen molar-refractivity contribution in [1.29, 1.82) is 0 Å². The van der Waals surface area contributed by atoms with Crippen LogP contribution in [0.3, 0.4) is 0 Å². The summed E-state index contributed by atoms with van der Waals surface area (Å²) < 4.78 is 0. The van der Waals surface area contributed by atoms with Gasteiger partial charge in [-0.25, -0.2) is 0 Å². The van der Waals surface area contributed by atoms with Crippen molar-refractivity contribution in [2.75, 3.05) is 0 Å². The number of azo groups is 1. The molecule has 0 saturated heterocycles. The number of benzene rings is 2. The molecule has 2 aromatic rings.